The summed E-state index contributed by atoms with van der Waals surface area (Å²) in [5.41, 5.74) is 0.642. The van der Waals surface area contributed by atoms with E-state index in [0.717, 1.165) is 19.4 Å². The number of aromatic nitrogens is 2. The van der Waals surface area contributed by atoms with E-state index < -0.39 is 0 Å². The second kappa shape index (κ2) is 5.52. The van der Waals surface area contributed by atoms with Crippen LogP contribution in [0.3, 0.4) is 0 Å². The molecule has 1 aromatic heterocycles. The number of aliphatic hydroxyl groups is 1. The Bertz CT molecular complexity index is 414. The van der Waals surface area contributed by atoms with Crippen LogP contribution in [0.1, 0.15) is 43.2 Å². The van der Waals surface area contributed by atoms with Gasteiger partial charge in [0, 0.05) is 31.9 Å². The van der Waals surface area contributed by atoms with Crippen LogP contribution in [-0.2, 0) is 0 Å². The van der Waals surface area contributed by atoms with Gasteiger partial charge in [0.15, 0.2) is 0 Å². The van der Waals surface area contributed by atoms with E-state index in [1.54, 1.807) is 16.9 Å². The lowest BCUT2D eigenvalue weighted by Crippen LogP contribution is -2.41. The van der Waals surface area contributed by atoms with E-state index in [1.165, 1.54) is 0 Å². The van der Waals surface area contributed by atoms with Crippen molar-refractivity contribution in [3.8, 4) is 0 Å². The summed E-state index contributed by atoms with van der Waals surface area (Å²) < 4.78 is 1.75. The molecule has 5 heteroatoms. The lowest BCUT2D eigenvalue weighted by Gasteiger charge is -2.32. The highest BCUT2D eigenvalue weighted by atomic mass is 16.3. The van der Waals surface area contributed by atoms with Crippen LogP contribution in [0.25, 0.3) is 0 Å². The number of piperidine rings is 1. The summed E-state index contributed by atoms with van der Waals surface area (Å²) in [6, 6.07) is 1.95. The van der Waals surface area contributed by atoms with Crippen LogP contribution in [0.2, 0.25) is 0 Å². The molecule has 1 atom stereocenters. The average molecular weight is 251 g/mol. The third kappa shape index (κ3) is 2.56. The topological polar surface area (TPSA) is 58.4 Å². The molecular weight excluding hydrogens is 230 g/mol. The Morgan fingerprint density at radius 2 is 2.39 bits per heavy atom. The van der Waals surface area contributed by atoms with Gasteiger partial charge in [0.2, 0.25) is 0 Å². The molecule has 1 amide bonds. The maximum Gasteiger partial charge on any atom is 0.272 e. The lowest BCUT2D eigenvalue weighted by atomic mass is 9.99. The zero-order valence-electron chi connectivity index (χ0n) is 11.0. The Hall–Kier alpha value is -1.36. The van der Waals surface area contributed by atoms with Gasteiger partial charge < -0.3 is 10.0 Å². The predicted octanol–water partition coefficient (Wildman–Crippen LogP) is 1.31. The number of carbonyl (C=O) groups excluding carboxylic acids is 1. The minimum atomic E-state index is 0.0272. The maximum absolute atomic E-state index is 12.4. The van der Waals surface area contributed by atoms with Gasteiger partial charge in [0.25, 0.3) is 5.91 Å². The molecule has 0 saturated carbocycles. The predicted molar refractivity (Wildman–Crippen MR) is 68.3 cm³/mol. The molecule has 0 spiro atoms. The van der Waals surface area contributed by atoms with Crippen molar-refractivity contribution in [1.29, 1.82) is 0 Å². The van der Waals surface area contributed by atoms with Crippen molar-refractivity contribution >= 4 is 5.91 Å². The second-order valence-electron chi connectivity index (χ2n) is 5.20. The van der Waals surface area contributed by atoms with Crippen molar-refractivity contribution in [2.75, 3.05) is 19.7 Å². The summed E-state index contributed by atoms with van der Waals surface area (Å²) in [5.74, 6) is 0.248. The van der Waals surface area contributed by atoms with E-state index in [1.807, 2.05) is 18.7 Å². The second-order valence-corrected chi connectivity index (χ2v) is 5.20. The van der Waals surface area contributed by atoms with Crippen LogP contribution in [0.4, 0.5) is 0 Å². The standard InChI is InChI=1S/C13H21N3O2/c1-10(2)16-12(5-6-14-16)13(18)15-7-3-4-11(8-15)9-17/h5-6,10-11,17H,3-4,7-9H2,1-2H3. The third-order valence-corrected chi connectivity index (χ3v) is 3.44. The van der Waals surface area contributed by atoms with Gasteiger partial charge in [0.05, 0.1) is 0 Å². The maximum atomic E-state index is 12.4. The van der Waals surface area contributed by atoms with E-state index >= 15 is 0 Å². The van der Waals surface area contributed by atoms with Crippen molar-refractivity contribution in [1.82, 2.24) is 14.7 Å². The number of hydrogen-bond donors (Lipinski definition) is 1. The monoisotopic (exact) mass is 251 g/mol. The van der Waals surface area contributed by atoms with Gasteiger partial charge in [-0.3, -0.25) is 9.48 Å². The highest BCUT2D eigenvalue weighted by molar-refractivity contribution is 5.92. The molecule has 0 aromatic carbocycles. The summed E-state index contributed by atoms with van der Waals surface area (Å²) in [6.45, 7) is 5.61. The van der Waals surface area contributed by atoms with E-state index in [0.29, 0.717) is 12.2 Å². The summed E-state index contributed by atoms with van der Waals surface area (Å²) >= 11 is 0. The minimum absolute atomic E-state index is 0.0272. The molecule has 1 unspecified atom stereocenters. The first-order valence-electron chi connectivity index (χ1n) is 6.57. The molecule has 1 aromatic rings. The van der Waals surface area contributed by atoms with Crippen molar-refractivity contribution in [3.63, 3.8) is 0 Å². The number of amides is 1. The van der Waals surface area contributed by atoms with E-state index in [2.05, 4.69) is 5.10 Å². The third-order valence-electron chi connectivity index (χ3n) is 3.44. The van der Waals surface area contributed by atoms with E-state index in [-0.39, 0.29) is 24.5 Å². The van der Waals surface area contributed by atoms with Gasteiger partial charge in [0.1, 0.15) is 5.69 Å². The van der Waals surface area contributed by atoms with Crippen LogP contribution in [0.15, 0.2) is 12.3 Å². The molecule has 0 bridgehead atoms. The molecule has 1 aliphatic rings. The van der Waals surface area contributed by atoms with Crippen molar-refractivity contribution < 1.29 is 9.90 Å². The average Bonchev–Trinajstić information content (AvgIpc) is 2.87. The molecule has 5 nitrogen and oxygen atoms in total. The van der Waals surface area contributed by atoms with E-state index in [4.69, 9.17) is 0 Å². The van der Waals surface area contributed by atoms with Crippen LogP contribution < -0.4 is 0 Å². The Balaban J connectivity index is 2.13. The number of aliphatic hydroxyl groups excluding tert-OH is 1. The van der Waals surface area contributed by atoms with Crippen molar-refractivity contribution in [2.45, 2.75) is 32.7 Å². The largest absolute Gasteiger partial charge is 0.396 e. The van der Waals surface area contributed by atoms with Gasteiger partial charge in [-0.25, -0.2) is 0 Å². The summed E-state index contributed by atoms with van der Waals surface area (Å²) in [4.78, 5) is 14.3. The Morgan fingerprint density at radius 1 is 1.61 bits per heavy atom. The number of carbonyl (C=O) groups is 1. The summed E-state index contributed by atoms with van der Waals surface area (Å²) in [7, 11) is 0. The van der Waals surface area contributed by atoms with Gasteiger partial charge in [-0.05, 0) is 38.7 Å². The number of hydrogen-bond acceptors (Lipinski definition) is 3. The fourth-order valence-corrected chi connectivity index (χ4v) is 2.46. The molecule has 2 rings (SSSR count). The first kappa shape index (κ1) is 13.1. The smallest absolute Gasteiger partial charge is 0.272 e. The number of nitrogens with zero attached hydrogens (tertiary/aromatic N) is 3. The molecular formula is C13H21N3O2. The highest BCUT2D eigenvalue weighted by Gasteiger charge is 2.26. The molecule has 1 N–H and O–H groups in total. The van der Waals surface area contributed by atoms with Gasteiger partial charge >= 0.3 is 0 Å². The molecule has 1 fully saturated rings. The van der Waals surface area contributed by atoms with Gasteiger partial charge in [-0.2, -0.15) is 5.10 Å². The number of rotatable bonds is 3. The first-order valence-corrected chi connectivity index (χ1v) is 6.57. The normalized spacial score (nSPS) is 20.4. The Morgan fingerprint density at radius 3 is 3.06 bits per heavy atom. The lowest BCUT2D eigenvalue weighted by molar-refractivity contribution is 0.0607. The quantitative estimate of drug-likeness (QED) is 0.881. The van der Waals surface area contributed by atoms with Crippen LogP contribution in [0.5, 0.6) is 0 Å². The number of likely N-dealkylation sites (tertiary alicyclic amines) is 1. The minimum Gasteiger partial charge on any atom is -0.396 e. The van der Waals surface area contributed by atoms with Gasteiger partial charge in [-0.1, -0.05) is 0 Å². The van der Waals surface area contributed by atoms with Crippen molar-refractivity contribution in [3.05, 3.63) is 18.0 Å². The Labute approximate surface area is 107 Å². The van der Waals surface area contributed by atoms with Crippen molar-refractivity contribution in [2.24, 2.45) is 5.92 Å². The zero-order valence-corrected chi connectivity index (χ0v) is 11.0. The molecule has 1 aliphatic heterocycles. The molecule has 100 valence electrons. The van der Waals surface area contributed by atoms with Crippen LogP contribution >= 0.6 is 0 Å². The van der Waals surface area contributed by atoms with Crippen LogP contribution in [-0.4, -0.2) is 45.4 Å². The Kier molecular flexibility index (Phi) is 4.01. The first-order chi connectivity index (χ1) is 8.63. The zero-order chi connectivity index (χ0) is 13.1. The van der Waals surface area contributed by atoms with Crippen LogP contribution in [0, 0.1) is 5.92 Å². The molecule has 2 heterocycles. The fourth-order valence-electron chi connectivity index (χ4n) is 2.46. The highest BCUT2D eigenvalue weighted by Crippen LogP contribution is 2.19. The summed E-state index contributed by atoms with van der Waals surface area (Å²) in [6.07, 6.45) is 3.64. The molecule has 18 heavy (non-hydrogen) atoms. The molecule has 1 saturated heterocycles. The molecule has 0 aliphatic carbocycles. The van der Waals surface area contributed by atoms with E-state index in [9.17, 15) is 9.90 Å². The van der Waals surface area contributed by atoms with Gasteiger partial charge in [-0.15, -0.1) is 0 Å². The SMILES string of the molecule is CC(C)n1nccc1C(=O)N1CCCC(CO)C1. The summed E-state index contributed by atoms with van der Waals surface area (Å²) in [5, 5.41) is 13.4. The fraction of sp³-hybridized carbons (Fsp3) is 0.692. The molecule has 0 radical (unpaired) electrons.